The SMILES string of the molecule is CCC(CO)(CO)NCc1ccc(C(N)=O)cc1Cl. The number of nitrogens with one attached hydrogen (secondary N) is 1. The molecule has 0 spiro atoms. The Hall–Kier alpha value is -1.14. The first-order valence-corrected chi connectivity index (χ1v) is 6.41. The van der Waals surface area contributed by atoms with Gasteiger partial charge in [0.05, 0.1) is 18.8 Å². The standard InChI is InChI=1S/C13H19ClN2O3/c1-2-13(7-17,8-18)16-6-10-4-3-9(12(15)19)5-11(10)14/h3-5,16-18H,2,6-8H2,1H3,(H2,15,19). The lowest BCUT2D eigenvalue weighted by molar-refractivity contribution is 0.0864. The molecule has 0 saturated carbocycles. The highest BCUT2D eigenvalue weighted by atomic mass is 35.5. The van der Waals surface area contributed by atoms with E-state index in [9.17, 15) is 15.0 Å². The monoisotopic (exact) mass is 286 g/mol. The van der Waals surface area contributed by atoms with Crippen LogP contribution in [0.1, 0.15) is 29.3 Å². The molecular weight excluding hydrogens is 268 g/mol. The van der Waals surface area contributed by atoms with Crippen molar-refractivity contribution < 1.29 is 15.0 Å². The molecule has 0 fully saturated rings. The number of primary amides is 1. The van der Waals surface area contributed by atoms with E-state index in [1.165, 1.54) is 6.07 Å². The Kier molecular flexibility index (Phi) is 5.75. The summed E-state index contributed by atoms with van der Waals surface area (Å²) in [5, 5.41) is 22.2. The summed E-state index contributed by atoms with van der Waals surface area (Å²) in [5.74, 6) is -0.532. The van der Waals surface area contributed by atoms with Gasteiger partial charge in [-0.1, -0.05) is 24.6 Å². The van der Waals surface area contributed by atoms with Crippen LogP contribution in [0.3, 0.4) is 0 Å². The second kappa shape index (κ2) is 6.86. The molecule has 5 N–H and O–H groups in total. The van der Waals surface area contributed by atoms with Crippen molar-refractivity contribution in [1.82, 2.24) is 5.32 Å². The molecule has 0 heterocycles. The number of aliphatic hydroxyl groups is 2. The molecule has 0 atom stereocenters. The number of hydrogen-bond acceptors (Lipinski definition) is 4. The fourth-order valence-electron chi connectivity index (χ4n) is 1.64. The first kappa shape index (κ1) is 15.9. The van der Waals surface area contributed by atoms with Crippen molar-refractivity contribution in [3.8, 4) is 0 Å². The third kappa shape index (κ3) is 3.91. The molecule has 1 aromatic rings. The van der Waals surface area contributed by atoms with Gasteiger partial charge in [-0.05, 0) is 24.1 Å². The number of carbonyl (C=O) groups excluding carboxylic acids is 1. The Labute approximate surface area is 117 Å². The quantitative estimate of drug-likeness (QED) is 0.592. The highest BCUT2D eigenvalue weighted by Crippen LogP contribution is 2.19. The smallest absolute Gasteiger partial charge is 0.248 e. The van der Waals surface area contributed by atoms with E-state index < -0.39 is 11.4 Å². The van der Waals surface area contributed by atoms with Crippen LogP contribution in [0.5, 0.6) is 0 Å². The average Bonchev–Trinajstić information content (AvgIpc) is 2.42. The van der Waals surface area contributed by atoms with Gasteiger partial charge in [-0.2, -0.15) is 0 Å². The van der Waals surface area contributed by atoms with Gasteiger partial charge < -0.3 is 21.3 Å². The molecule has 5 nitrogen and oxygen atoms in total. The lowest BCUT2D eigenvalue weighted by Crippen LogP contribution is -2.50. The summed E-state index contributed by atoms with van der Waals surface area (Å²) < 4.78 is 0. The second-order valence-corrected chi connectivity index (χ2v) is 4.88. The van der Waals surface area contributed by atoms with Crippen LogP contribution in [0.15, 0.2) is 18.2 Å². The fourth-order valence-corrected chi connectivity index (χ4v) is 1.88. The molecular formula is C13H19ClN2O3. The minimum atomic E-state index is -0.730. The molecule has 0 radical (unpaired) electrons. The van der Waals surface area contributed by atoms with E-state index in [1.807, 2.05) is 6.92 Å². The minimum Gasteiger partial charge on any atom is -0.394 e. The predicted molar refractivity (Wildman–Crippen MR) is 74.0 cm³/mol. The molecule has 0 aliphatic heterocycles. The van der Waals surface area contributed by atoms with E-state index in [1.54, 1.807) is 12.1 Å². The second-order valence-electron chi connectivity index (χ2n) is 4.47. The van der Waals surface area contributed by atoms with Crippen LogP contribution >= 0.6 is 11.6 Å². The number of amides is 1. The van der Waals surface area contributed by atoms with E-state index >= 15 is 0 Å². The highest BCUT2D eigenvalue weighted by Gasteiger charge is 2.25. The van der Waals surface area contributed by atoms with Crippen LogP contribution in [-0.4, -0.2) is 34.9 Å². The summed E-state index contributed by atoms with van der Waals surface area (Å²) in [4.78, 5) is 11.0. The number of halogens is 1. The lowest BCUT2D eigenvalue weighted by atomic mass is 9.98. The molecule has 0 bridgehead atoms. The Morgan fingerprint density at radius 2 is 2.05 bits per heavy atom. The van der Waals surface area contributed by atoms with Gasteiger partial charge in [-0.3, -0.25) is 4.79 Å². The summed E-state index contributed by atoms with van der Waals surface area (Å²) in [5.41, 5.74) is 5.55. The van der Waals surface area contributed by atoms with Gasteiger partial charge >= 0.3 is 0 Å². The van der Waals surface area contributed by atoms with Crippen LogP contribution in [0.25, 0.3) is 0 Å². The third-order valence-electron chi connectivity index (χ3n) is 3.27. The Morgan fingerprint density at radius 3 is 2.47 bits per heavy atom. The van der Waals surface area contributed by atoms with Gasteiger partial charge in [-0.25, -0.2) is 0 Å². The van der Waals surface area contributed by atoms with Crippen molar-refractivity contribution in [3.63, 3.8) is 0 Å². The average molecular weight is 287 g/mol. The van der Waals surface area contributed by atoms with E-state index in [2.05, 4.69) is 5.32 Å². The van der Waals surface area contributed by atoms with Crippen molar-refractivity contribution >= 4 is 17.5 Å². The predicted octanol–water partition coefficient (Wildman–Crippen LogP) is 0.662. The summed E-state index contributed by atoms with van der Waals surface area (Å²) in [7, 11) is 0. The molecule has 1 rings (SSSR count). The van der Waals surface area contributed by atoms with Crippen molar-refractivity contribution in [1.29, 1.82) is 0 Å². The van der Waals surface area contributed by atoms with Crippen molar-refractivity contribution in [2.24, 2.45) is 5.73 Å². The summed E-state index contributed by atoms with van der Waals surface area (Å²) >= 11 is 6.06. The maximum atomic E-state index is 11.0. The van der Waals surface area contributed by atoms with Crippen LogP contribution in [-0.2, 0) is 6.54 Å². The van der Waals surface area contributed by atoms with Crippen LogP contribution in [0.2, 0.25) is 5.02 Å². The van der Waals surface area contributed by atoms with Crippen LogP contribution in [0.4, 0.5) is 0 Å². The van der Waals surface area contributed by atoms with Crippen LogP contribution < -0.4 is 11.1 Å². The molecule has 1 amide bonds. The number of aliphatic hydroxyl groups excluding tert-OH is 2. The Morgan fingerprint density at radius 1 is 1.42 bits per heavy atom. The summed E-state index contributed by atoms with van der Waals surface area (Å²) in [6, 6.07) is 4.80. The molecule has 6 heteroatoms. The topological polar surface area (TPSA) is 95.6 Å². The van der Waals surface area contributed by atoms with Gasteiger partial charge in [0, 0.05) is 17.1 Å². The number of nitrogens with two attached hydrogens (primary N) is 1. The molecule has 0 unspecified atom stereocenters. The molecule has 1 aromatic carbocycles. The summed E-state index contributed by atoms with van der Waals surface area (Å²) in [6.45, 7) is 1.91. The van der Waals surface area contributed by atoms with Crippen molar-refractivity contribution in [2.45, 2.75) is 25.4 Å². The van der Waals surface area contributed by atoms with E-state index in [4.69, 9.17) is 17.3 Å². The molecule has 0 aromatic heterocycles. The highest BCUT2D eigenvalue weighted by molar-refractivity contribution is 6.31. The fraction of sp³-hybridized carbons (Fsp3) is 0.462. The van der Waals surface area contributed by atoms with Gasteiger partial charge in [0.2, 0.25) is 5.91 Å². The zero-order valence-electron chi connectivity index (χ0n) is 10.8. The van der Waals surface area contributed by atoms with Gasteiger partial charge in [0.25, 0.3) is 0 Å². The normalized spacial score (nSPS) is 11.6. The minimum absolute atomic E-state index is 0.170. The molecule has 0 saturated heterocycles. The Balaban J connectivity index is 2.80. The van der Waals surface area contributed by atoms with E-state index in [0.717, 1.165) is 5.56 Å². The Bertz CT molecular complexity index is 439. The first-order chi connectivity index (χ1) is 8.98. The number of hydrogen-bond donors (Lipinski definition) is 4. The molecule has 0 aliphatic rings. The first-order valence-electron chi connectivity index (χ1n) is 6.03. The summed E-state index contributed by atoms with van der Waals surface area (Å²) in [6.07, 6.45) is 0.580. The van der Waals surface area contributed by atoms with Crippen molar-refractivity contribution in [2.75, 3.05) is 13.2 Å². The van der Waals surface area contributed by atoms with Gasteiger partial charge in [0.1, 0.15) is 0 Å². The van der Waals surface area contributed by atoms with Crippen molar-refractivity contribution in [3.05, 3.63) is 34.3 Å². The zero-order valence-corrected chi connectivity index (χ0v) is 11.6. The van der Waals surface area contributed by atoms with E-state index in [0.29, 0.717) is 23.6 Å². The van der Waals surface area contributed by atoms with Gasteiger partial charge in [-0.15, -0.1) is 0 Å². The molecule has 19 heavy (non-hydrogen) atoms. The number of benzene rings is 1. The number of rotatable bonds is 7. The van der Waals surface area contributed by atoms with Crippen LogP contribution in [0, 0.1) is 0 Å². The maximum Gasteiger partial charge on any atom is 0.248 e. The van der Waals surface area contributed by atoms with E-state index in [-0.39, 0.29) is 13.2 Å². The maximum absolute atomic E-state index is 11.0. The lowest BCUT2D eigenvalue weighted by Gasteiger charge is -2.30. The molecule has 106 valence electrons. The van der Waals surface area contributed by atoms with Gasteiger partial charge in [0.15, 0.2) is 0 Å². The number of carbonyl (C=O) groups is 1. The zero-order chi connectivity index (χ0) is 14.5. The molecule has 0 aliphatic carbocycles. The third-order valence-corrected chi connectivity index (χ3v) is 3.63. The largest absolute Gasteiger partial charge is 0.394 e.